The number of carbonyl (C=O) groups excluding carboxylic acids is 1. The van der Waals surface area contributed by atoms with Crippen molar-refractivity contribution in [3.63, 3.8) is 0 Å². The molecule has 0 saturated carbocycles. The molecule has 7 nitrogen and oxygen atoms in total. The molecule has 2 aromatic heterocycles. The van der Waals surface area contributed by atoms with Gasteiger partial charge in [-0.1, -0.05) is 17.7 Å². The highest BCUT2D eigenvalue weighted by molar-refractivity contribution is 7.15. The molecule has 8 heteroatoms. The summed E-state index contributed by atoms with van der Waals surface area (Å²) in [7, 11) is 0. The molecule has 3 aromatic rings. The minimum atomic E-state index is -0.521. The van der Waals surface area contributed by atoms with Crippen molar-refractivity contribution in [1.82, 2.24) is 19.2 Å². The molecular formula is C21H24N4O3S. The predicted octanol–water partition coefficient (Wildman–Crippen LogP) is 2.18. The van der Waals surface area contributed by atoms with Crippen molar-refractivity contribution in [3.05, 3.63) is 63.5 Å². The van der Waals surface area contributed by atoms with E-state index in [-0.39, 0.29) is 11.5 Å². The molecule has 0 bridgehead atoms. The Morgan fingerprint density at radius 1 is 1.21 bits per heavy atom. The number of hydrogen-bond donors (Lipinski definition) is 0. The molecule has 3 heterocycles. The summed E-state index contributed by atoms with van der Waals surface area (Å²) in [4.78, 5) is 34.2. The van der Waals surface area contributed by atoms with Gasteiger partial charge >= 0.3 is 0 Å². The lowest BCUT2D eigenvalue weighted by atomic mass is 10.2. The van der Waals surface area contributed by atoms with Crippen LogP contribution in [0, 0.1) is 6.92 Å². The molecule has 4 rings (SSSR count). The van der Waals surface area contributed by atoms with Gasteiger partial charge in [-0.2, -0.15) is 0 Å². The number of amides is 1. The van der Waals surface area contributed by atoms with E-state index in [2.05, 4.69) is 9.88 Å². The largest absolute Gasteiger partial charge is 0.481 e. The quantitative estimate of drug-likeness (QED) is 0.643. The van der Waals surface area contributed by atoms with Crippen molar-refractivity contribution in [1.29, 1.82) is 0 Å². The molecule has 1 atom stereocenters. The first-order chi connectivity index (χ1) is 14.0. The van der Waals surface area contributed by atoms with E-state index in [0.29, 0.717) is 30.3 Å². The first-order valence-corrected chi connectivity index (χ1v) is 10.6. The maximum absolute atomic E-state index is 12.7. The number of ether oxygens (including phenoxy) is 1. The van der Waals surface area contributed by atoms with Crippen LogP contribution in [0.5, 0.6) is 5.75 Å². The van der Waals surface area contributed by atoms with Crippen LogP contribution >= 0.6 is 11.3 Å². The van der Waals surface area contributed by atoms with Crippen molar-refractivity contribution in [2.75, 3.05) is 26.2 Å². The third-order valence-electron chi connectivity index (χ3n) is 5.11. The number of benzene rings is 1. The molecule has 1 saturated heterocycles. The fraction of sp³-hybridized carbons (Fsp3) is 0.381. The Labute approximate surface area is 173 Å². The van der Waals surface area contributed by atoms with E-state index in [1.807, 2.05) is 41.5 Å². The van der Waals surface area contributed by atoms with Gasteiger partial charge in [0.1, 0.15) is 5.75 Å². The van der Waals surface area contributed by atoms with Gasteiger partial charge < -0.3 is 9.64 Å². The highest BCUT2D eigenvalue weighted by atomic mass is 32.1. The van der Waals surface area contributed by atoms with Gasteiger partial charge in [0.05, 0.1) is 5.69 Å². The van der Waals surface area contributed by atoms with Gasteiger partial charge in [-0.3, -0.25) is 18.9 Å². The van der Waals surface area contributed by atoms with E-state index in [9.17, 15) is 9.59 Å². The molecule has 29 heavy (non-hydrogen) atoms. The van der Waals surface area contributed by atoms with E-state index >= 15 is 0 Å². The summed E-state index contributed by atoms with van der Waals surface area (Å²) in [5.74, 6) is 0.706. The lowest BCUT2D eigenvalue weighted by molar-refractivity contribution is -0.139. The minimum absolute atomic E-state index is 0.00148. The van der Waals surface area contributed by atoms with Gasteiger partial charge in [-0.05, 0) is 26.0 Å². The van der Waals surface area contributed by atoms with Crippen LogP contribution < -0.4 is 10.3 Å². The van der Waals surface area contributed by atoms with Gasteiger partial charge in [0.25, 0.3) is 11.5 Å². The van der Waals surface area contributed by atoms with Gasteiger partial charge in [-0.15, -0.1) is 11.3 Å². The first kappa shape index (κ1) is 19.6. The van der Waals surface area contributed by atoms with Crippen LogP contribution in [0.1, 0.15) is 18.2 Å². The van der Waals surface area contributed by atoms with Gasteiger partial charge in [0.15, 0.2) is 11.1 Å². The normalized spacial score (nSPS) is 16.1. The van der Waals surface area contributed by atoms with Crippen LogP contribution in [0.15, 0.2) is 46.7 Å². The summed E-state index contributed by atoms with van der Waals surface area (Å²) in [6.45, 7) is 7.19. The lowest BCUT2D eigenvalue weighted by Crippen LogP contribution is -2.51. The molecule has 1 aliphatic heterocycles. The van der Waals surface area contributed by atoms with Crippen molar-refractivity contribution >= 4 is 22.2 Å². The SMILES string of the molecule is Cc1ccc(OC(C)C(=O)N2CCN(Cc3cc(=O)n4ccsc4n3)CC2)cc1. The van der Waals surface area contributed by atoms with Crippen LogP contribution in [0.4, 0.5) is 0 Å². The highest BCUT2D eigenvalue weighted by Gasteiger charge is 2.26. The Hall–Kier alpha value is -2.71. The molecular weight excluding hydrogens is 388 g/mol. The van der Waals surface area contributed by atoms with E-state index in [0.717, 1.165) is 24.3 Å². The average molecular weight is 413 g/mol. The third-order valence-corrected chi connectivity index (χ3v) is 5.86. The molecule has 0 aliphatic carbocycles. The number of aryl methyl sites for hydroxylation is 1. The Bertz CT molecular complexity index is 1050. The second-order valence-electron chi connectivity index (χ2n) is 7.32. The Morgan fingerprint density at radius 3 is 2.66 bits per heavy atom. The topological polar surface area (TPSA) is 67.2 Å². The number of fused-ring (bicyclic) bond motifs is 1. The Balaban J connectivity index is 1.31. The van der Waals surface area contributed by atoms with E-state index in [1.165, 1.54) is 11.3 Å². The average Bonchev–Trinajstić information content (AvgIpc) is 3.19. The maximum atomic E-state index is 12.7. The molecule has 1 aromatic carbocycles. The lowest BCUT2D eigenvalue weighted by Gasteiger charge is -2.35. The van der Waals surface area contributed by atoms with Crippen molar-refractivity contribution in [2.24, 2.45) is 0 Å². The molecule has 0 N–H and O–H groups in total. The molecule has 1 aliphatic rings. The summed E-state index contributed by atoms with van der Waals surface area (Å²) in [6.07, 6.45) is 1.22. The Morgan fingerprint density at radius 2 is 1.93 bits per heavy atom. The number of carbonyl (C=O) groups is 1. The van der Waals surface area contributed by atoms with Crippen LogP contribution in [0.2, 0.25) is 0 Å². The number of thiazole rings is 1. The second-order valence-corrected chi connectivity index (χ2v) is 8.19. The number of hydrogen-bond acceptors (Lipinski definition) is 6. The molecule has 1 fully saturated rings. The number of piperazine rings is 1. The van der Waals surface area contributed by atoms with Crippen molar-refractivity contribution in [3.8, 4) is 5.75 Å². The first-order valence-electron chi connectivity index (χ1n) is 9.70. The fourth-order valence-electron chi connectivity index (χ4n) is 3.45. The summed E-state index contributed by atoms with van der Waals surface area (Å²) in [6, 6.07) is 9.31. The van der Waals surface area contributed by atoms with Crippen molar-refractivity contribution < 1.29 is 9.53 Å². The van der Waals surface area contributed by atoms with Gasteiger partial charge in [0, 0.05) is 50.4 Å². The maximum Gasteiger partial charge on any atom is 0.263 e. The molecule has 1 amide bonds. The van der Waals surface area contributed by atoms with Crippen LogP contribution in [-0.4, -0.2) is 57.4 Å². The smallest absolute Gasteiger partial charge is 0.263 e. The summed E-state index contributed by atoms with van der Waals surface area (Å²) < 4.78 is 7.36. The van der Waals surface area contributed by atoms with Gasteiger partial charge in [-0.25, -0.2) is 4.98 Å². The van der Waals surface area contributed by atoms with E-state index in [1.54, 1.807) is 23.6 Å². The zero-order chi connectivity index (χ0) is 20.4. The van der Waals surface area contributed by atoms with Crippen LogP contribution in [0.25, 0.3) is 4.96 Å². The van der Waals surface area contributed by atoms with Gasteiger partial charge in [0.2, 0.25) is 0 Å². The minimum Gasteiger partial charge on any atom is -0.481 e. The fourth-order valence-corrected chi connectivity index (χ4v) is 4.19. The van der Waals surface area contributed by atoms with Crippen LogP contribution in [0.3, 0.4) is 0 Å². The second kappa shape index (κ2) is 8.34. The number of nitrogens with zero attached hydrogens (tertiary/aromatic N) is 4. The third kappa shape index (κ3) is 4.49. The zero-order valence-corrected chi connectivity index (χ0v) is 17.4. The monoisotopic (exact) mass is 412 g/mol. The number of aromatic nitrogens is 2. The molecule has 0 radical (unpaired) electrons. The van der Waals surface area contributed by atoms with Crippen LogP contribution in [-0.2, 0) is 11.3 Å². The van der Waals surface area contributed by atoms with Crippen molar-refractivity contribution in [2.45, 2.75) is 26.5 Å². The summed E-state index contributed by atoms with van der Waals surface area (Å²) >= 11 is 1.45. The summed E-state index contributed by atoms with van der Waals surface area (Å²) in [5.41, 5.74) is 1.87. The van der Waals surface area contributed by atoms with E-state index < -0.39 is 6.10 Å². The van der Waals surface area contributed by atoms with E-state index in [4.69, 9.17) is 4.74 Å². The molecule has 152 valence electrons. The zero-order valence-electron chi connectivity index (χ0n) is 16.6. The molecule has 0 spiro atoms. The Kier molecular flexibility index (Phi) is 5.64. The standard InChI is InChI=1S/C21H24N4O3S/c1-15-3-5-18(6-4-15)28-16(2)20(27)24-9-7-23(8-10-24)14-17-13-19(26)25-11-12-29-21(25)22-17/h3-6,11-13,16H,7-10,14H2,1-2H3. The summed E-state index contributed by atoms with van der Waals surface area (Å²) in [5, 5.41) is 1.86. The number of rotatable bonds is 5. The highest BCUT2D eigenvalue weighted by Crippen LogP contribution is 2.15. The predicted molar refractivity (Wildman–Crippen MR) is 112 cm³/mol. The molecule has 1 unspecified atom stereocenters.